The number of methoxy groups -OCH3 is 1. The van der Waals surface area contributed by atoms with Crippen LogP contribution in [0.4, 0.5) is 0 Å². The van der Waals surface area contributed by atoms with E-state index in [-0.39, 0.29) is 12.0 Å². The van der Waals surface area contributed by atoms with Gasteiger partial charge in [-0.2, -0.15) is 0 Å². The molecule has 0 aromatic heterocycles. The monoisotopic (exact) mass is 379 g/mol. The van der Waals surface area contributed by atoms with Gasteiger partial charge in [0.1, 0.15) is 18.1 Å². The Kier molecular flexibility index (Phi) is 5.69. The fourth-order valence-corrected chi connectivity index (χ4v) is 4.51. The minimum Gasteiger partial charge on any atom is -0.497 e. The summed E-state index contributed by atoms with van der Waals surface area (Å²) in [6, 6.07) is 16.5. The lowest BCUT2D eigenvalue weighted by molar-refractivity contribution is 0.0357. The van der Waals surface area contributed by atoms with Gasteiger partial charge in [0.25, 0.3) is 0 Å². The normalized spacial score (nSPS) is 22.1. The van der Waals surface area contributed by atoms with E-state index in [1.807, 2.05) is 24.3 Å². The quantitative estimate of drug-likeness (QED) is 0.829. The van der Waals surface area contributed by atoms with Gasteiger partial charge in [0.2, 0.25) is 0 Å². The smallest absolute Gasteiger partial charge is 0.127 e. The van der Waals surface area contributed by atoms with E-state index < -0.39 is 0 Å². The first kappa shape index (κ1) is 19.0. The average Bonchev–Trinajstić information content (AvgIpc) is 2.74. The number of hydrogen-bond acceptors (Lipinski definition) is 4. The van der Waals surface area contributed by atoms with Crippen LogP contribution in [-0.4, -0.2) is 50.0 Å². The highest BCUT2D eigenvalue weighted by atomic mass is 16.5. The van der Waals surface area contributed by atoms with E-state index in [9.17, 15) is 5.11 Å². The van der Waals surface area contributed by atoms with Crippen LogP contribution < -0.4 is 9.47 Å². The van der Waals surface area contributed by atoms with E-state index in [4.69, 9.17) is 9.47 Å². The molecule has 2 aromatic carbocycles. The third-order valence-corrected chi connectivity index (χ3v) is 5.91. The molecule has 0 bridgehead atoms. The van der Waals surface area contributed by atoms with Crippen molar-refractivity contribution in [3.8, 4) is 11.5 Å². The van der Waals surface area contributed by atoms with Crippen LogP contribution in [0.5, 0.6) is 11.5 Å². The number of nitrogens with zero attached hydrogens (tertiary/aromatic N) is 1. The molecular formula is C24H29NO3. The van der Waals surface area contributed by atoms with Gasteiger partial charge < -0.3 is 14.6 Å². The van der Waals surface area contributed by atoms with Crippen molar-refractivity contribution < 1.29 is 14.6 Å². The SMILES string of the molecule is COc1ccc2c(c1)C=C(CN1CCC[C@](CO)(Cc3ccccc3)C1)CO2. The molecule has 0 amide bonds. The van der Waals surface area contributed by atoms with Crippen molar-refractivity contribution in [1.82, 2.24) is 4.90 Å². The van der Waals surface area contributed by atoms with Crippen LogP contribution in [0, 0.1) is 5.41 Å². The number of aliphatic hydroxyl groups is 1. The number of likely N-dealkylation sites (tertiary alicyclic amines) is 1. The van der Waals surface area contributed by atoms with Gasteiger partial charge in [0, 0.05) is 24.1 Å². The second kappa shape index (κ2) is 8.38. The molecule has 2 heterocycles. The van der Waals surface area contributed by atoms with Crippen molar-refractivity contribution in [3.05, 3.63) is 65.2 Å². The molecule has 28 heavy (non-hydrogen) atoms. The molecule has 1 saturated heterocycles. The molecule has 4 rings (SSSR count). The molecule has 0 saturated carbocycles. The summed E-state index contributed by atoms with van der Waals surface area (Å²) in [5, 5.41) is 10.2. The van der Waals surface area contributed by atoms with E-state index in [0.717, 1.165) is 56.0 Å². The molecule has 0 radical (unpaired) electrons. The number of fused-ring (bicyclic) bond motifs is 1. The van der Waals surface area contributed by atoms with Crippen LogP contribution in [0.2, 0.25) is 0 Å². The van der Waals surface area contributed by atoms with Crippen molar-refractivity contribution >= 4 is 6.08 Å². The van der Waals surface area contributed by atoms with Crippen LogP contribution in [-0.2, 0) is 6.42 Å². The fourth-order valence-electron chi connectivity index (χ4n) is 4.51. The van der Waals surface area contributed by atoms with Gasteiger partial charge in [-0.05, 0) is 61.2 Å². The first-order valence-corrected chi connectivity index (χ1v) is 10.1. The molecule has 1 fully saturated rings. The van der Waals surface area contributed by atoms with E-state index in [1.165, 1.54) is 11.1 Å². The minimum atomic E-state index is -0.0587. The third kappa shape index (κ3) is 4.23. The number of hydrogen-bond donors (Lipinski definition) is 1. The van der Waals surface area contributed by atoms with Gasteiger partial charge in [0.15, 0.2) is 0 Å². The highest BCUT2D eigenvalue weighted by molar-refractivity contribution is 5.64. The zero-order valence-electron chi connectivity index (χ0n) is 16.6. The predicted molar refractivity (Wildman–Crippen MR) is 112 cm³/mol. The number of rotatable bonds is 6. The Balaban J connectivity index is 1.46. The number of ether oxygens (including phenoxy) is 2. The molecule has 1 N–H and O–H groups in total. The Labute approximate surface area is 167 Å². The van der Waals surface area contributed by atoms with Crippen molar-refractivity contribution in [2.45, 2.75) is 19.3 Å². The van der Waals surface area contributed by atoms with Crippen molar-refractivity contribution in [2.24, 2.45) is 5.41 Å². The summed E-state index contributed by atoms with van der Waals surface area (Å²) in [4.78, 5) is 2.48. The number of piperidine rings is 1. The van der Waals surface area contributed by atoms with Crippen LogP contribution in [0.3, 0.4) is 0 Å². The molecule has 148 valence electrons. The largest absolute Gasteiger partial charge is 0.497 e. The Morgan fingerprint density at radius 2 is 2.04 bits per heavy atom. The minimum absolute atomic E-state index is 0.0587. The third-order valence-electron chi connectivity index (χ3n) is 5.91. The highest BCUT2D eigenvalue weighted by Gasteiger charge is 2.35. The molecule has 4 heteroatoms. The second-order valence-corrected chi connectivity index (χ2v) is 8.13. The summed E-state index contributed by atoms with van der Waals surface area (Å²) in [6.07, 6.45) is 5.35. The summed E-state index contributed by atoms with van der Waals surface area (Å²) >= 11 is 0. The standard InChI is InChI=1S/C24H29NO3/c1-27-22-8-9-23-21(13-22)12-20(16-28-23)15-25-11-5-10-24(17-25,18-26)14-19-6-3-2-4-7-19/h2-4,6-9,12-13,26H,5,10-11,14-18H2,1H3/t24-/m0/s1. The zero-order valence-corrected chi connectivity index (χ0v) is 16.6. The summed E-state index contributed by atoms with van der Waals surface area (Å²) in [5.41, 5.74) is 3.60. The van der Waals surface area contributed by atoms with Gasteiger partial charge in [-0.25, -0.2) is 0 Å². The zero-order chi connectivity index (χ0) is 19.4. The molecule has 0 spiro atoms. The summed E-state index contributed by atoms with van der Waals surface area (Å²) in [7, 11) is 1.69. The molecule has 0 aliphatic carbocycles. The molecule has 0 unspecified atom stereocenters. The first-order valence-electron chi connectivity index (χ1n) is 10.1. The lowest BCUT2D eigenvalue weighted by Gasteiger charge is -2.42. The lowest BCUT2D eigenvalue weighted by atomic mass is 9.75. The van der Waals surface area contributed by atoms with Gasteiger partial charge in [-0.15, -0.1) is 0 Å². The molecule has 2 aliphatic rings. The molecule has 4 nitrogen and oxygen atoms in total. The fraction of sp³-hybridized carbons (Fsp3) is 0.417. The van der Waals surface area contributed by atoms with E-state index in [2.05, 4.69) is 35.2 Å². The van der Waals surface area contributed by atoms with E-state index in [0.29, 0.717) is 6.61 Å². The number of benzene rings is 2. The summed E-state index contributed by atoms with van der Waals surface area (Å²) in [5.74, 6) is 1.76. The maximum Gasteiger partial charge on any atom is 0.127 e. The van der Waals surface area contributed by atoms with Crippen LogP contribution in [0.25, 0.3) is 6.08 Å². The summed E-state index contributed by atoms with van der Waals surface area (Å²) in [6.45, 7) is 3.72. The predicted octanol–water partition coefficient (Wildman–Crippen LogP) is 3.79. The molecule has 1 atom stereocenters. The van der Waals surface area contributed by atoms with E-state index in [1.54, 1.807) is 7.11 Å². The Hall–Kier alpha value is -2.30. The first-order chi connectivity index (χ1) is 13.7. The van der Waals surface area contributed by atoms with Crippen LogP contribution in [0.1, 0.15) is 24.0 Å². The highest BCUT2D eigenvalue weighted by Crippen LogP contribution is 2.35. The van der Waals surface area contributed by atoms with E-state index >= 15 is 0 Å². The summed E-state index contributed by atoms with van der Waals surface area (Å²) < 4.78 is 11.3. The molecule has 2 aromatic rings. The topological polar surface area (TPSA) is 41.9 Å². The van der Waals surface area contributed by atoms with Crippen molar-refractivity contribution in [3.63, 3.8) is 0 Å². The lowest BCUT2D eigenvalue weighted by Crippen LogP contribution is -2.47. The van der Waals surface area contributed by atoms with Crippen LogP contribution >= 0.6 is 0 Å². The Morgan fingerprint density at radius 1 is 1.18 bits per heavy atom. The maximum atomic E-state index is 10.2. The Bertz CT molecular complexity index is 833. The molecule has 2 aliphatic heterocycles. The van der Waals surface area contributed by atoms with Gasteiger partial charge in [-0.3, -0.25) is 4.90 Å². The van der Waals surface area contributed by atoms with Gasteiger partial charge in [-0.1, -0.05) is 30.3 Å². The number of aliphatic hydroxyl groups excluding tert-OH is 1. The van der Waals surface area contributed by atoms with Crippen molar-refractivity contribution in [2.75, 3.05) is 40.0 Å². The van der Waals surface area contributed by atoms with Crippen LogP contribution in [0.15, 0.2) is 54.1 Å². The van der Waals surface area contributed by atoms with Crippen molar-refractivity contribution in [1.29, 1.82) is 0 Å². The Morgan fingerprint density at radius 3 is 2.82 bits per heavy atom. The molecular weight excluding hydrogens is 350 g/mol. The maximum absolute atomic E-state index is 10.2. The van der Waals surface area contributed by atoms with Gasteiger partial charge in [0.05, 0.1) is 13.7 Å². The second-order valence-electron chi connectivity index (χ2n) is 8.13. The average molecular weight is 380 g/mol. The van der Waals surface area contributed by atoms with Gasteiger partial charge >= 0.3 is 0 Å².